The van der Waals surface area contributed by atoms with Crippen LogP contribution in [0.25, 0.3) is 0 Å². The van der Waals surface area contributed by atoms with Crippen LogP contribution in [0.2, 0.25) is 0 Å². The molecule has 0 amide bonds. The van der Waals surface area contributed by atoms with Crippen LogP contribution >= 0.6 is 15.9 Å². The molecule has 0 aromatic carbocycles. The summed E-state index contributed by atoms with van der Waals surface area (Å²) in [4.78, 5) is 14.2. The van der Waals surface area contributed by atoms with E-state index in [1.807, 2.05) is 0 Å². The number of nitrogens with zero attached hydrogens (tertiary/aromatic N) is 1. The maximum absolute atomic E-state index is 12.6. The van der Waals surface area contributed by atoms with Gasteiger partial charge >= 0.3 is 5.97 Å². The maximum Gasteiger partial charge on any atom is 0.307 e. The summed E-state index contributed by atoms with van der Waals surface area (Å²) in [5.74, 6) is -1.10. The van der Waals surface area contributed by atoms with Gasteiger partial charge in [0.1, 0.15) is 5.69 Å². The summed E-state index contributed by atoms with van der Waals surface area (Å²) >= 11 is 2.93. The Morgan fingerprint density at radius 1 is 1.62 bits per heavy atom. The van der Waals surface area contributed by atoms with Gasteiger partial charge in [-0.05, 0) is 27.6 Å². The van der Waals surface area contributed by atoms with Crippen molar-refractivity contribution in [2.75, 3.05) is 0 Å². The minimum Gasteiger partial charge on any atom is -0.481 e. The fourth-order valence-corrected chi connectivity index (χ4v) is 1.72. The Hall–Kier alpha value is -1.08. The van der Waals surface area contributed by atoms with Crippen LogP contribution in [0.5, 0.6) is 0 Å². The van der Waals surface area contributed by atoms with E-state index in [2.05, 4.69) is 20.9 Å². The summed E-state index contributed by atoms with van der Waals surface area (Å²) in [6.45, 7) is -0.0143. The van der Waals surface area contributed by atoms with Crippen molar-refractivity contribution in [2.45, 2.75) is 19.4 Å². The molecule has 0 saturated carbocycles. The lowest BCUT2D eigenvalue weighted by molar-refractivity contribution is -0.136. The van der Waals surface area contributed by atoms with Gasteiger partial charge in [-0.15, -0.1) is 0 Å². The molecule has 0 saturated heterocycles. The highest BCUT2D eigenvalue weighted by Gasteiger charge is 2.19. The molecule has 3 N–H and O–H groups in total. The third-order valence-corrected chi connectivity index (χ3v) is 2.78. The molecule has 0 bridgehead atoms. The number of halogens is 3. The van der Waals surface area contributed by atoms with Crippen LogP contribution in [0.3, 0.4) is 0 Å². The van der Waals surface area contributed by atoms with E-state index in [4.69, 9.17) is 10.8 Å². The minimum absolute atomic E-state index is 0.0143. The zero-order valence-corrected chi connectivity index (χ0v) is 9.67. The van der Waals surface area contributed by atoms with Crippen molar-refractivity contribution in [3.8, 4) is 0 Å². The minimum atomic E-state index is -2.77. The largest absolute Gasteiger partial charge is 0.481 e. The second-order valence-electron chi connectivity index (χ2n) is 3.05. The molecule has 4 nitrogen and oxygen atoms in total. The molecule has 0 unspecified atom stereocenters. The Morgan fingerprint density at radius 3 is 2.69 bits per heavy atom. The highest BCUT2D eigenvalue weighted by Crippen LogP contribution is 2.29. The average Bonchev–Trinajstić information content (AvgIpc) is 2.19. The number of rotatable bonds is 4. The second-order valence-corrected chi connectivity index (χ2v) is 3.84. The van der Waals surface area contributed by atoms with E-state index in [9.17, 15) is 13.6 Å². The Morgan fingerprint density at radius 2 is 2.25 bits per heavy atom. The summed E-state index contributed by atoms with van der Waals surface area (Å²) in [7, 11) is 0. The van der Waals surface area contributed by atoms with E-state index in [1.54, 1.807) is 0 Å². The first-order chi connectivity index (χ1) is 7.45. The average molecular weight is 295 g/mol. The van der Waals surface area contributed by atoms with E-state index < -0.39 is 18.1 Å². The smallest absolute Gasteiger partial charge is 0.307 e. The van der Waals surface area contributed by atoms with Crippen molar-refractivity contribution in [3.05, 3.63) is 27.5 Å². The number of aliphatic carboxylic acids is 1. The summed E-state index contributed by atoms with van der Waals surface area (Å²) in [6, 6.07) is 1.41. The molecule has 0 aliphatic rings. The predicted molar refractivity (Wildman–Crippen MR) is 56.1 cm³/mol. The summed E-state index contributed by atoms with van der Waals surface area (Å²) in [6.07, 6.45) is -3.12. The molecule has 0 fully saturated rings. The fraction of sp³-hybridized carbons (Fsp3) is 0.333. The predicted octanol–water partition coefficient (Wildman–Crippen LogP) is 1.87. The van der Waals surface area contributed by atoms with Gasteiger partial charge < -0.3 is 10.8 Å². The molecule has 16 heavy (non-hydrogen) atoms. The number of aromatic nitrogens is 1. The van der Waals surface area contributed by atoms with Crippen LogP contribution in [0, 0.1) is 0 Å². The number of carboxylic acid groups (broad SMARTS) is 1. The molecular formula is C9H9BrF2N2O2. The number of nitrogens with two attached hydrogens (primary N) is 1. The van der Waals surface area contributed by atoms with Crippen molar-refractivity contribution >= 4 is 21.9 Å². The van der Waals surface area contributed by atoms with Crippen molar-refractivity contribution in [1.29, 1.82) is 0 Å². The lowest BCUT2D eigenvalue weighted by atomic mass is 10.1. The molecule has 1 aromatic heterocycles. The van der Waals surface area contributed by atoms with Crippen molar-refractivity contribution < 1.29 is 18.7 Å². The Kier molecular flexibility index (Phi) is 4.31. The highest BCUT2D eigenvalue weighted by molar-refractivity contribution is 9.10. The van der Waals surface area contributed by atoms with Gasteiger partial charge in [0.2, 0.25) is 0 Å². The second kappa shape index (κ2) is 5.31. The quantitative estimate of drug-likeness (QED) is 0.889. The number of pyridine rings is 1. The van der Waals surface area contributed by atoms with Gasteiger partial charge in [-0.25, -0.2) is 13.8 Å². The molecule has 1 heterocycles. The van der Waals surface area contributed by atoms with Crippen LogP contribution in [0.4, 0.5) is 8.78 Å². The van der Waals surface area contributed by atoms with E-state index in [0.29, 0.717) is 0 Å². The number of carbonyl (C=O) groups is 1. The normalized spacial score (nSPS) is 10.8. The van der Waals surface area contributed by atoms with E-state index in [1.165, 1.54) is 6.07 Å². The van der Waals surface area contributed by atoms with E-state index >= 15 is 0 Å². The van der Waals surface area contributed by atoms with Crippen LogP contribution in [-0.4, -0.2) is 16.1 Å². The van der Waals surface area contributed by atoms with Gasteiger partial charge in [-0.1, -0.05) is 0 Å². The van der Waals surface area contributed by atoms with Gasteiger partial charge in [-0.2, -0.15) is 0 Å². The number of hydrogen-bond donors (Lipinski definition) is 2. The van der Waals surface area contributed by atoms with E-state index in [0.717, 1.165) is 0 Å². The van der Waals surface area contributed by atoms with Crippen LogP contribution in [0.15, 0.2) is 10.5 Å². The molecule has 0 spiro atoms. The Labute approximate surface area is 98.6 Å². The molecule has 0 atom stereocenters. The summed E-state index contributed by atoms with van der Waals surface area (Å²) in [5.41, 5.74) is 5.32. The Bertz CT molecular complexity index is 413. The molecule has 7 heteroatoms. The topological polar surface area (TPSA) is 76.2 Å². The molecule has 0 aliphatic carbocycles. The first kappa shape index (κ1) is 13.0. The van der Waals surface area contributed by atoms with Crippen molar-refractivity contribution in [3.63, 3.8) is 0 Å². The number of alkyl halides is 2. The SMILES string of the molecule is NCc1cc(CC(=O)O)c(Br)c(C(F)F)n1. The lowest BCUT2D eigenvalue weighted by Crippen LogP contribution is -2.09. The Balaban J connectivity index is 3.25. The van der Waals surface area contributed by atoms with Gasteiger partial charge in [0.25, 0.3) is 6.43 Å². The summed E-state index contributed by atoms with van der Waals surface area (Å²) < 4.78 is 25.2. The summed E-state index contributed by atoms with van der Waals surface area (Å²) in [5, 5.41) is 8.62. The van der Waals surface area contributed by atoms with E-state index in [-0.39, 0.29) is 28.7 Å². The van der Waals surface area contributed by atoms with Gasteiger partial charge in [-0.3, -0.25) is 4.79 Å². The molecular weight excluding hydrogens is 286 g/mol. The zero-order valence-electron chi connectivity index (χ0n) is 8.08. The standard InChI is InChI=1S/C9H9BrF2N2O2/c10-7-4(2-6(15)16)1-5(3-13)14-8(7)9(11)12/h1,9H,2-3,13H2,(H,15,16). The van der Waals surface area contributed by atoms with Crippen LogP contribution in [-0.2, 0) is 17.8 Å². The zero-order chi connectivity index (χ0) is 12.3. The third kappa shape index (κ3) is 2.96. The van der Waals surface area contributed by atoms with Crippen LogP contribution < -0.4 is 5.73 Å². The highest BCUT2D eigenvalue weighted by atomic mass is 79.9. The molecule has 0 aliphatic heterocycles. The van der Waals surface area contributed by atoms with Gasteiger partial charge in [0.05, 0.1) is 12.1 Å². The van der Waals surface area contributed by atoms with Crippen LogP contribution in [0.1, 0.15) is 23.4 Å². The van der Waals surface area contributed by atoms with Crippen molar-refractivity contribution in [2.24, 2.45) is 5.73 Å². The first-order valence-corrected chi connectivity index (χ1v) is 5.13. The number of hydrogen-bond acceptors (Lipinski definition) is 3. The third-order valence-electron chi connectivity index (χ3n) is 1.87. The molecule has 1 aromatic rings. The van der Waals surface area contributed by atoms with Gasteiger partial charge in [0.15, 0.2) is 0 Å². The molecule has 88 valence electrons. The monoisotopic (exact) mass is 294 g/mol. The van der Waals surface area contributed by atoms with Crippen molar-refractivity contribution in [1.82, 2.24) is 4.98 Å². The maximum atomic E-state index is 12.6. The molecule has 0 radical (unpaired) electrons. The lowest BCUT2D eigenvalue weighted by Gasteiger charge is -2.09. The number of carboxylic acids is 1. The van der Waals surface area contributed by atoms with Gasteiger partial charge in [0, 0.05) is 11.0 Å². The first-order valence-electron chi connectivity index (χ1n) is 4.34. The molecule has 1 rings (SSSR count). The fourth-order valence-electron chi connectivity index (χ4n) is 1.21.